The summed E-state index contributed by atoms with van der Waals surface area (Å²) in [6.45, 7) is 4.04. The largest absolute Gasteiger partial charge is 0.339 e. The number of likely N-dealkylation sites (tertiary alicyclic amines) is 2. The molecule has 2 fully saturated rings. The van der Waals surface area contributed by atoms with Crippen LogP contribution in [0.15, 0.2) is 12.1 Å². The predicted octanol–water partition coefficient (Wildman–Crippen LogP) is 3.09. The molecule has 2 saturated heterocycles. The number of piperidine rings is 1. The summed E-state index contributed by atoms with van der Waals surface area (Å²) in [7, 11) is 0. The van der Waals surface area contributed by atoms with Gasteiger partial charge in [0, 0.05) is 24.7 Å². The minimum Gasteiger partial charge on any atom is -0.339 e. The monoisotopic (exact) mass is 327 g/mol. The smallest absolute Gasteiger partial charge is 0.254 e. The minimum atomic E-state index is 0.000993. The van der Waals surface area contributed by atoms with Gasteiger partial charge in [0.15, 0.2) is 0 Å². The first-order valence-corrected chi connectivity index (χ1v) is 8.25. The second-order valence-electron chi connectivity index (χ2n) is 5.77. The molecule has 4 nitrogen and oxygen atoms in total. The molecule has 0 aromatic carbocycles. The average Bonchev–Trinajstić information content (AvgIpc) is 3.00. The summed E-state index contributed by atoms with van der Waals surface area (Å²) in [6.07, 6.45) is 4.73. The van der Waals surface area contributed by atoms with Crippen LogP contribution in [0.25, 0.3) is 0 Å². The zero-order valence-electron chi connectivity index (χ0n) is 11.9. The molecule has 21 heavy (non-hydrogen) atoms. The molecule has 6 heteroatoms. The molecule has 0 N–H and O–H groups in total. The van der Waals surface area contributed by atoms with Crippen LogP contribution in [0, 0.1) is 0 Å². The van der Waals surface area contributed by atoms with Gasteiger partial charge in [-0.05, 0) is 50.9 Å². The molecule has 1 aromatic rings. The predicted molar refractivity (Wildman–Crippen MR) is 84.0 cm³/mol. The average molecular weight is 328 g/mol. The van der Waals surface area contributed by atoms with Crippen molar-refractivity contribution < 1.29 is 4.79 Å². The molecular formula is C15H19Cl2N3O. The Morgan fingerprint density at radius 3 is 2.19 bits per heavy atom. The van der Waals surface area contributed by atoms with Crippen LogP contribution in [0.4, 0.5) is 0 Å². The van der Waals surface area contributed by atoms with Crippen molar-refractivity contribution in [3.05, 3.63) is 28.0 Å². The van der Waals surface area contributed by atoms with Gasteiger partial charge in [0.25, 0.3) is 5.91 Å². The highest BCUT2D eigenvalue weighted by atomic mass is 35.5. The lowest BCUT2D eigenvalue weighted by atomic mass is 10.0. The fraction of sp³-hybridized carbons (Fsp3) is 0.600. The number of rotatable bonds is 2. The molecule has 2 aliphatic heterocycles. The Morgan fingerprint density at radius 2 is 1.62 bits per heavy atom. The third-order valence-corrected chi connectivity index (χ3v) is 4.81. The lowest BCUT2D eigenvalue weighted by Crippen LogP contribution is -2.45. The van der Waals surface area contributed by atoms with Crippen LogP contribution in [-0.4, -0.2) is 52.9 Å². The summed E-state index contributed by atoms with van der Waals surface area (Å²) < 4.78 is 0. The number of hydrogen-bond acceptors (Lipinski definition) is 3. The molecule has 2 aliphatic rings. The second-order valence-corrected chi connectivity index (χ2v) is 6.54. The Hall–Kier alpha value is -0.840. The second kappa shape index (κ2) is 6.51. The van der Waals surface area contributed by atoms with Gasteiger partial charge in [0.2, 0.25) is 0 Å². The van der Waals surface area contributed by atoms with Crippen molar-refractivity contribution in [3.8, 4) is 0 Å². The number of halogens is 2. The molecule has 0 aliphatic carbocycles. The third-order valence-electron chi connectivity index (χ3n) is 4.42. The first-order chi connectivity index (χ1) is 10.1. The molecule has 114 valence electrons. The topological polar surface area (TPSA) is 36.4 Å². The number of aromatic nitrogens is 1. The number of carbonyl (C=O) groups is 1. The summed E-state index contributed by atoms with van der Waals surface area (Å²) in [5, 5.41) is 0.524. The zero-order chi connectivity index (χ0) is 14.8. The molecule has 0 atom stereocenters. The fourth-order valence-corrected chi connectivity index (χ4v) is 3.77. The molecule has 1 aromatic heterocycles. The summed E-state index contributed by atoms with van der Waals surface area (Å²) >= 11 is 11.7. The Labute approximate surface area is 135 Å². The molecule has 0 bridgehead atoms. The van der Waals surface area contributed by atoms with Gasteiger partial charge in [-0.1, -0.05) is 23.2 Å². The van der Waals surface area contributed by atoms with E-state index in [4.69, 9.17) is 23.2 Å². The van der Waals surface area contributed by atoms with Crippen LogP contribution in [-0.2, 0) is 0 Å². The molecule has 0 unspecified atom stereocenters. The third kappa shape index (κ3) is 3.50. The summed E-state index contributed by atoms with van der Waals surface area (Å²) in [5.74, 6) is 0.000993. The maximum Gasteiger partial charge on any atom is 0.254 e. The Morgan fingerprint density at radius 1 is 1.05 bits per heavy atom. The Bertz CT molecular complexity index is 503. The van der Waals surface area contributed by atoms with E-state index in [0.29, 0.717) is 11.6 Å². The van der Waals surface area contributed by atoms with Crippen LogP contribution < -0.4 is 0 Å². The van der Waals surface area contributed by atoms with E-state index in [1.165, 1.54) is 25.9 Å². The van der Waals surface area contributed by atoms with Crippen molar-refractivity contribution in [1.29, 1.82) is 0 Å². The van der Waals surface area contributed by atoms with Crippen LogP contribution in [0.5, 0.6) is 0 Å². The molecule has 0 spiro atoms. The van der Waals surface area contributed by atoms with Gasteiger partial charge in [0.05, 0.1) is 0 Å². The molecule has 1 amide bonds. The molecule has 0 saturated carbocycles. The van der Waals surface area contributed by atoms with E-state index >= 15 is 0 Å². The van der Waals surface area contributed by atoms with Crippen molar-refractivity contribution >= 4 is 29.1 Å². The van der Waals surface area contributed by atoms with Crippen molar-refractivity contribution in [2.45, 2.75) is 31.7 Å². The Kier molecular flexibility index (Phi) is 4.67. The molecule has 3 rings (SSSR count). The SMILES string of the molecule is O=C(c1cc(Cl)nc(Cl)c1)N1CCC(N2CCCC2)CC1. The van der Waals surface area contributed by atoms with E-state index in [9.17, 15) is 4.79 Å². The molecular weight excluding hydrogens is 309 g/mol. The van der Waals surface area contributed by atoms with E-state index in [2.05, 4.69) is 9.88 Å². The number of carbonyl (C=O) groups excluding carboxylic acids is 1. The number of nitrogens with zero attached hydrogens (tertiary/aromatic N) is 3. The van der Waals surface area contributed by atoms with Crippen molar-refractivity contribution in [1.82, 2.24) is 14.8 Å². The first-order valence-electron chi connectivity index (χ1n) is 7.50. The van der Waals surface area contributed by atoms with Gasteiger partial charge in [0.1, 0.15) is 10.3 Å². The summed E-state index contributed by atoms with van der Waals surface area (Å²) in [5.41, 5.74) is 0.527. The zero-order valence-corrected chi connectivity index (χ0v) is 13.4. The lowest BCUT2D eigenvalue weighted by Gasteiger charge is -2.36. The van der Waals surface area contributed by atoms with Gasteiger partial charge in [-0.2, -0.15) is 0 Å². The first kappa shape index (κ1) is 15.1. The van der Waals surface area contributed by atoms with E-state index in [1.807, 2.05) is 4.90 Å². The van der Waals surface area contributed by atoms with Crippen LogP contribution >= 0.6 is 23.2 Å². The number of pyridine rings is 1. The van der Waals surface area contributed by atoms with Gasteiger partial charge in [-0.3, -0.25) is 4.79 Å². The lowest BCUT2D eigenvalue weighted by molar-refractivity contribution is 0.0644. The van der Waals surface area contributed by atoms with E-state index in [1.54, 1.807) is 12.1 Å². The number of amides is 1. The highest BCUT2D eigenvalue weighted by molar-refractivity contribution is 6.33. The maximum atomic E-state index is 12.5. The standard InChI is InChI=1S/C15H19Cl2N3O/c16-13-9-11(10-14(17)18-13)15(21)20-7-3-12(4-8-20)19-5-1-2-6-19/h9-10,12H,1-8H2. The fourth-order valence-electron chi connectivity index (χ4n) is 3.31. The van der Waals surface area contributed by atoms with Gasteiger partial charge in [-0.25, -0.2) is 4.98 Å². The summed E-state index contributed by atoms with van der Waals surface area (Å²) in [4.78, 5) is 20.8. The minimum absolute atomic E-state index is 0.000993. The maximum absolute atomic E-state index is 12.5. The normalized spacial score (nSPS) is 21.0. The van der Waals surface area contributed by atoms with Crippen molar-refractivity contribution in [3.63, 3.8) is 0 Å². The highest BCUT2D eigenvalue weighted by Gasteiger charge is 2.28. The number of hydrogen-bond donors (Lipinski definition) is 0. The van der Waals surface area contributed by atoms with E-state index in [0.717, 1.165) is 25.9 Å². The highest BCUT2D eigenvalue weighted by Crippen LogP contribution is 2.23. The molecule has 0 radical (unpaired) electrons. The van der Waals surface area contributed by atoms with Gasteiger partial charge >= 0.3 is 0 Å². The van der Waals surface area contributed by atoms with Gasteiger partial charge in [-0.15, -0.1) is 0 Å². The molecule has 3 heterocycles. The van der Waals surface area contributed by atoms with Crippen LogP contribution in [0.3, 0.4) is 0 Å². The Balaban J connectivity index is 1.62. The van der Waals surface area contributed by atoms with Gasteiger partial charge < -0.3 is 9.80 Å². The van der Waals surface area contributed by atoms with E-state index in [-0.39, 0.29) is 16.2 Å². The van der Waals surface area contributed by atoms with E-state index < -0.39 is 0 Å². The summed E-state index contributed by atoms with van der Waals surface area (Å²) in [6, 6.07) is 3.81. The van der Waals surface area contributed by atoms with Crippen LogP contribution in [0.2, 0.25) is 10.3 Å². The van der Waals surface area contributed by atoms with Crippen molar-refractivity contribution in [2.24, 2.45) is 0 Å². The van der Waals surface area contributed by atoms with Crippen LogP contribution in [0.1, 0.15) is 36.0 Å². The quantitative estimate of drug-likeness (QED) is 0.783. The van der Waals surface area contributed by atoms with Crippen molar-refractivity contribution in [2.75, 3.05) is 26.2 Å².